The van der Waals surface area contributed by atoms with E-state index >= 15 is 0 Å². The molecule has 6 heteroatoms. The fraction of sp³-hybridized carbons (Fsp3) is 0.231. The van der Waals surface area contributed by atoms with Crippen molar-refractivity contribution in [2.45, 2.75) is 13.8 Å². The van der Waals surface area contributed by atoms with Crippen LogP contribution in [0.1, 0.15) is 23.1 Å². The van der Waals surface area contributed by atoms with Crippen LogP contribution in [0.2, 0.25) is 0 Å². The number of aromatic nitrogens is 3. The largest absolute Gasteiger partial charge is 0.461 e. The fourth-order valence-corrected chi connectivity index (χ4v) is 1.53. The maximum atomic E-state index is 11.9. The molecule has 0 amide bonds. The van der Waals surface area contributed by atoms with Crippen LogP contribution in [-0.4, -0.2) is 27.5 Å². The minimum Gasteiger partial charge on any atom is -0.461 e. The second-order valence-electron chi connectivity index (χ2n) is 3.82. The first-order valence-electron chi connectivity index (χ1n) is 5.87. The van der Waals surface area contributed by atoms with Crippen molar-refractivity contribution in [2.75, 3.05) is 11.9 Å². The molecule has 0 fully saturated rings. The van der Waals surface area contributed by atoms with Crippen LogP contribution >= 0.6 is 0 Å². The summed E-state index contributed by atoms with van der Waals surface area (Å²) in [6.45, 7) is 3.88. The molecular weight excluding hydrogens is 244 g/mol. The molecule has 2 aromatic rings. The average molecular weight is 258 g/mol. The Labute approximate surface area is 110 Å². The van der Waals surface area contributed by atoms with Gasteiger partial charge in [-0.25, -0.2) is 19.7 Å². The fourth-order valence-electron chi connectivity index (χ4n) is 1.53. The zero-order valence-electron chi connectivity index (χ0n) is 10.8. The lowest BCUT2D eigenvalue weighted by atomic mass is 10.2. The number of esters is 1. The standard InChI is InChI=1S/C13H14N4O2/c1-3-19-13(18)12-11(5-4-9(2)16-12)17-10-6-14-8-15-7-10/h4-8,17H,3H2,1-2H3. The number of nitrogens with one attached hydrogen (secondary N) is 1. The van der Waals surface area contributed by atoms with E-state index in [2.05, 4.69) is 20.3 Å². The monoisotopic (exact) mass is 258 g/mol. The molecule has 0 aromatic carbocycles. The maximum absolute atomic E-state index is 11.9. The summed E-state index contributed by atoms with van der Waals surface area (Å²) in [6.07, 6.45) is 4.66. The first kappa shape index (κ1) is 12.9. The zero-order valence-corrected chi connectivity index (χ0v) is 10.8. The molecule has 0 spiro atoms. The highest BCUT2D eigenvalue weighted by atomic mass is 16.5. The number of carbonyl (C=O) groups excluding carboxylic acids is 1. The molecule has 98 valence electrons. The van der Waals surface area contributed by atoms with Crippen LogP contribution in [0.25, 0.3) is 0 Å². The molecule has 0 aliphatic carbocycles. The van der Waals surface area contributed by atoms with Gasteiger partial charge in [0.25, 0.3) is 0 Å². The molecule has 0 aliphatic heterocycles. The topological polar surface area (TPSA) is 77.0 Å². The summed E-state index contributed by atoms with van der Waals surface area (Å²) < 4.78 is 4.99. The number of ether oxygens (including phenoxy) is 1. The summed E-state index contributed by atoms with van der Waals surface area (Å²) in [4.78, 5) is 23.9. The Morgan fingerprint density at radius 2 is 2.05 bits per heavy atom. The van der Waals surface area contributed by atoms with Crippen molar-refractivity contribution in [1.29, 1.82) is 0 Å². The summed E-state index contributed by atoms with van der Waals surface area (Å²) in [6, 6.07) is 3.59. The molecule has 2 rings (SSSR count). The number of carbonyl (C=O) groups is 1. The third-order valence-electron chi connectivity index (χ3n) is 2.34. The summed E-state index contributed by atoms with van der Waals surface area (Å²) >= 11 is 0. The van der Waals surface area contributed by atoms with Crippen LogP contribution in [0.3, 0.4) is 0 Å². The van der Waals surface area contributed by atoms with E-state index < -0.39 is 5.97 Å². The first-order valence-corrected chi connectivity index (χ1v) is 5.87. The Balaban J connectivity index is 2.32. The molecular formula is C13H14N4O2. The maximum Gasteiger partial charge on any atom is 0.359 e. The molecule has 0 bridgehead atoms. The van der Waals surface area contributed by atoms with Gasteiger partial charge in [0.2, 0.25) is 0 Å². The van der Waals surface area contributed by atoms with E-state index in [0.29, 0.717) is 18.0 Å². The van der Waals surface area contributed by atoms with Gasteiger partial charge < -0.3 is 10.1 Å². The quantitative estimate of drug-likeness (QED) is 0.846. The Kier molecular flexibility index (Phi) is 4.02. The Morgan fingerprint density at radius 3 is 2.74 bits per heavy atom. The Hall–Kier alpha value is -2.50. The highest BCUT2D eigenvalue weighted by Gasteiger charge is 2.15. The van der Waals surface area contributed by atoms with Crippen molar-refractivity contribution < 1.29 is 9.53 Å². The molecule has 0 atom stereocenters. The first-order chi connectivity index (χ1) is 9.20. The smallest absolute Gasteiger partial charge is 0.359 e. The number of pyridine rings is 1. The van der Waals surface area contributed by atoms with Gasteiger partial charge in [0, 0.05) is 5.69 Å². The minimum absolute atomic E-state index is 0.255. The van der Waals surface area contributed by atoms with E-state index in [4.69, 9.17) is 4.74 Å². The predicted molar refractivity (Wildman–Crippen MR) is 70.2 cm³/mol. The number of nitrogens with zero attached hydrogens (tertiary/aromatic N) is 3. The average Bonchev–Trinajstić information content (AvgIpc) is 2.42. The van der Waals surface area contributed by atoms with Crippen LogP contribution in [0, 0.1) is 6.92 Å². The van der Waals surface area contributed by atoms with Gasteiger partial charge in [-0.3, -0.25) is 0 Å². The number of hydrogen-bond donors (Lipinski definition) is 1. The number of anilines is 2. The van der Waals surface area contributed by atoms with E-state index in [1.165, 1.54) is 6.33 Å². The third kappa shape index (κ3) is 3.25. The zero-order chi connectivity index (χ0) is 13.7. The number of hydrogen-bond acceptors (Lipinski definition) is 6. The molecule has 6 nitrogen and oxygen atoms in total. The summed E-state index contributed by atoms with van der Waals surface area (Å²) in [5.41, 5.74) is 2.25. The minimum atomic E-state index is -0.453. The Bertz CT molecular complexity index is 572. The SMILES string of the molecule is CCOC(=O)c1nc(C)ccc1Nc1cncnc1. The van der Waals surface area contributed by atoms with Crippen LogP contribution in [0.4, 0.5) is 11.4 Å². The van der Waals surface area contributed by atoms with Crippen molar-refractivity contribution in [3.63, 3.8) is 0 Å². The van der Waals surface area contributed by atoms with Gasteiger partial charge in [-0.1, -0.05) is 0 Å². The molecule has 0 radical (unpaired) electrons. The molecule has 2 aromatic heterocycles. The lowest BCUT2D eigenvalue weighted by molar-refractivity contribution is 0.0520. The molecule has 0 saturated heterocycles. The molecule has 0 unspecified atom stereocenters. The summed E-state index contributed by atoms with van der Waals surface area (Å²) in [7, 11) is 0. The van der Waals surface area contributed by atoms with Crippen LogP contribution < -0.4 is 5.32 Å². The van der Waals surface area contributed by atoms with Crippen LogP contribution in [0.15, 0.2) is 30.9 Å². The molecule has 1 N–H and O–H groups in total. The van der Waals surface area contributed by atoms with E-state index in [-0.39, 0.29) is 5.69 Å². The van der Waals surface area contributed by atoms with E-state index in [1.54, 1.807) is 25.4 Å². The lowest BCUT2D eigenvalue weighted by Crippen LogP contribution is -2.11. The predicted octanol–water partition coefficient (Wildman–Crippen LogP) is 2.10. The van der Waals surface area contributed by atoms with Gasteiger partial charge in [0.05, 0.1) is 30.4 Å². The number of rotatable bonds is 4. The van der Waals surface area contributed by atoms with Gasteiger partial charge in [-0.15, -0.1) is 0 Å². The van der Waals surface area contributed by atoms with Crippen molar-refractivity contribution >= 4 is 17.3 Å². The summed E-state index contributed by atoms with van der Waals surface area (Å²) in [5.74, 6) is -0.453. The number of aryl methyl sites for hydroxylation is 1. The van der Waals surface area contributed by atoms with Gasteiger partial charge in [0.15, 0.2) is 5.69 Å². The van der Waals surface area contributed by atoms with Crippen molar-refractivity contribution in [2.24, 2.45) is 0 Å². The highest BCUT2D eigenvalue weighted by Crippen LogP contribution is 2.19. The lowest BCUT2D eigenvalue weighted by Gasteiger charge is -2.10. The van der Waals surface area contributed by atoms with Crippen LogP contribution in [-0.2, 0) is 4.74 Å². The Morgan fingerprint density at radius 1 is 1.32 bits per heavy atom. The van der Waals surface area contributed by atoms with E-state index in [1.807, 2.05) is 13.0 Å². The van der Waals surface area contributed by atoms with Crippen molar-refractivity contribution in [3.05, 3.63) is 42.2 Å². The molecule has 19 heavy (non-hydrogen) atoms. The van der Waals surface area contributed by atoms with E-state index in [0.717, 1.165) is 5.69 Å². The van der Waals surface area contributed by atoms with E-state index in [9.17, 15) is 4.79 Å². The van der Waals surface area contributed by atoms with Gasteiger partial charge in [0.1, 0.15) is 6.33 Å². The second-order valence-corrected chi connectivity index (χ2v) is 3.82. The second kappa shape index (κ2) is 5.90. The normalized spacial score (nSPS) is 10.0. The highest BCUT2D eigenvalue weighted by molar-refractivity contribution is 5.94. The molecule has 0 aliphatic rings. The van der Waals surface area contributed by atoms with Gasteiger partial charge >= 0.3 is 5.97 Å². The summed E-state index contributed by atoms with van der Waals surface area (Å²) in [5, 5.41) is 3.05. The van der Waals surface area contributed by atoms with Crippen molar-refractivity contribution in [1.82, 2.24) is 15.0 Å². The van der Waals surface area contributed by atoms with Crippen molar-refractivity contribution in [3.8, 4) is 0 Å². The van der Waals surface area contributed by atoms with Gasteiger partial charge in [-0.05, 0) is 26.0 Å². The molecule has 0 saturated carbocycles. The van der Waals surface area contributed by atoms with Crippen LogP contribution in [0.5, 0.6) is 0 Å². The third-order valence-corrected chi connectivity index (χ3v) is 2.34. The molecule has 2 heterocycles. The van der Waals surface area contributed by atoms with Gasteiger partial charge in [-0.2, -0.15) is 0 Å².